The molecule has 2 heterocycles. The van der Waals surface area contributed by atoms with Gasteiger partial charge in [-0.3, -0.25) is 14.6 Å². The second-order valence-electron chi connectivity index (χ2n) is 7.62. The standard InChI is InChI=1S/C18H28N6O4/c1-18(2,3)28-17(27)23-12(15(19)26)6-4-8-20-14(25)10-24-11-22-16-13(24)7-5-9-21-16/h5,7,9,11-13,16H,4,6,8,10H2,1-3H3,(H2,19,26)(H,20,25)(H,23,27). The van der Waals surface area contributed by atoms with Crippen molar-refractivity contribution in [3.05, 3.63) is 12.2 Å². The van der Waals surface area contributed by atoms with Crippen LogP contribution in [0, 0.1) is 0 Å². The van der Waals surface area contributed by atoms with Crippen molar-refractivity contribution in [2.24, 2.45) is 15.7 Å². The number of nitrogens with zero attached hydrogens (tertiary/aromatic N) is 3. The zero-order chi connectivity index (χ0) is 20.7. The molecular weight excluding hydrogens is 364 g/mol. The molecule has 3 unspecified atom stereocenters. The average molecular weight is 392 g/mol. The largest absolute Gasteiger partial charge is 0.444 e. The summed E-state index contributed by atoms with van der Waals surface area (Å²) in [6, 6.07) is -0.892. The van der Waals surface area contributed by atoms with Crippen LogP contribution in [-0.4, -0.2) is 72.3 Å². The summed E-state index contributed by atoms with van der Waals surface area (Å²) in [6.07, 6.45) is 7.00. The molecule has 4 N–H and O–H groups in total. The van der Waals surface area contributed by atoms with Gasteiger partial charge in [-0.25, -0.2) is 9.79 Å². The third kappa shape index (κ3) is 6.67. The molecule has 0 fully saturated rings. The second-order valence-corrected chi connectivity index (χ2v) is 7.62. The Morgan fingerprint density at radius 1 is 1.29 bits per heavy atom. The van der Waals surface area contributed by atoms with Crippen molar-refractivity contribution in [1.82, 2.24) is 15.5 Å². The lowest BCUT2D eigenvalue weighted by Gasteiger charge is -2.24. The molecule has 0 aromatic rings. The van der Waals surface area contributed by atoms with Crippen LogP contribution in [0.25, 0.3) is 0 Å². The van der Waals surface area contributed by atoms with Gasteiger partial charge in [0.05, 0.1) is 18.9 Å². The normalized spacial score (nSPS) is 21.2. The summed E-state index contributed by atoms with van der Waals surface area (Å²) in [5, 5.41) is 5.25. The number of hydrogen-bond acceptors (Lipinski definition) is 7. The fourth-order valence-electron chi connectivity index (χ4n) is 2.77. The van der Waals surface area contributed by atoms with Crippen molar-refractivity contribution < 1.29 is 19.1 Å². The number of allylic oxidation sites excluding steroid dienone is 1. The van der Waals surface area contributed by atoms with Gasteiger partial charge in [-0.05, 0) is 39.7 Å². The molecule has 0 aromatic carbocycles. The van der Waals surface area contributed by atoms with E-state index < -0.39 is 23.6 Å². The number of nitrogens with two attached hydrogens (primary N) is 1. The van der Waals surface area contributed by atoms with Gasteiger partial charge < -0.3 is 26.0 Å². The lowest BCUT2D eigenvalue weighted by atomic mass is 10.1. The van der Waals surface area contributed by atoms with Crippen LogP contribution >= 0.6 is 0 Å². The number of nitrogens with one attached hydrogen (secondary N) is 2. The Bertz CT molecular complexity index is 682. The molecule has 3 atom stereocenters. The highest BCUT2D eigenvalue weighted by Crippen LogP contribution is 2.18. The van der Waals surface area contributed by atoms with Gasteiger partial charge in [0, 0.05) is 12.8 Å². The number of hydrogen-bond donors (Lipinski definition) is 3. The van der Waals surface area contributed by atoms with Crippen LogP contribution < -0.4 is 16.4 Å². The van der Waals surface area contributed by atoms with E-state index in [1.807, 2.05) is 17.1 Å². The molecule has 3 amide bonds. The summed E-state index contributed by atoms with van der Waals surface area (Å²) in [7, 11) is 0. The SMILES string of the molecule is CC(C)(C)OC(=O)NC(CCCNC(=O)CN1C=NC2N=CC=CC21)C(N)=O. The molecule has 154 valence electrons. The number of alkyl carbamates (subject to hydrolysis) is 1. The molecule has 0 aromatic heterocycles. The van der Waals surface area contributed by atoms with Gasteiger partial charge in [-0.1, -0.05) is 6.08 Å². The molecule has 0 radical (unpaired) electrons. The van der Waals surface area contributed by atoms with E-state index in [1.54, 1.807) is 33.3 Å². The average Bonchev–Trinajstić information content (AvgIpc) is 2.99. The lowest BCUT2D eigenvalue weighted by Crippen LogP contribution is -2.46. The summed E-state index contributed by atoms with van der Waals surface area (Å²) >= 11 is 0. The number of carbonyl (C=O) groups excluding carboxylic acids is 3. The number of aliphatic imine (C=N–C) groups is 2. The molecule has 2 aliphatic rings. The molecule has 10 heteroatoms. The van der Waals surface area contributed by atoms with Gasteiger partial charge in [0.1, 0.15) is 11.6 Å². The highest BCUT2D eigenvalue weighted by molar-refractivity contribution is 5.84. The first kappa shape index (κ1) is 21.4. The van der Waals surface area contributed by atoms with Gasteiger partial charge in [0.15, 0.2) is 6.17 Å². The van der Waals surface area contributed by atoms with E-state index >= 15 is 0 Å². The van der Waals surface area contributed by atoms with Crippen molar-refractivity contribution in [3.63, 3.8) is 0 Å². The highest BCUT2D eigenvalue weighted by atomic mass is 16.6. The van der Waals surface area contributed by atoms with Gasteiger partial charge in [-0.2, -0.15) is 0 Å². The number of carbonyl (C=O) groups is 3. The Labute approximate surface area is 164 Å². The summed E-state index contributed by atoms with van der Waals surface area (Å²) < 4.78 is 5.12. The van der Waals surface area contributed by atoms with E-state index in [9.17, 15) is 14.4 Å². The van der Waals surface area contributed by atoms with Gasteiger partial charge >= 0.3 is 6.09 Å². The molecule has 2 rings (SSSR count). The predicted molar refractivity (Wildman–Crippen MR) is 105 cm³/mol. The zero-order valence-corrected chi connectivity index (χ0v) is 16.4. The van der Waals surface area contributed by atoms with Gasteiger partial charge in [-0.15, -0.1) is 0 Å². The Hall–Kier alpha value is -2.91. The number of ether oxygens (including phenoxy) is 1. The maximum Gasteiger partial charge on any atom is 0.408 e. The molecule has 0 spiro atoms. The van der Waals surface area contributed by atoms with Crippen molar-refractivity contribution in [2.75, 3.05) is 13.1 Å². The lowest BCUT2D eigenvalue weighted by molar-refractivity contribution is -0.121. The van der Waals surface area contributed by atoms with Crippen LogP contribution in [-0.2, 0) is 14.3 Å². The van der Waals surface area contributed by atoms with Crippen LogP contribution in [0.3, 0.4) is 0 Å². The van der Waals surface area contributed by atoms with E-state index in [0.717, 1.165) is 0 Å². The quantitative estimate of drug-likeness (QED) is 0.497. The second kappa shape index (κ2) is 9.34. The molecule has 10 nitrogen and oxygen atoms in total. The Morgan fingerprint density at radius 3 is 2.71 bits per heavy atom. The monoisotopic (exact) mass is 392 g/mol. The first-order valence-electron chi connectivity index (χ1n) is 9.20. The molecule has 0 bridgehead atoms. The summed E-state index contributed by atoms with van der Waals surface area (Å²) in [5.74, 6) is -0.813. The molecule has 0 saturated heterocycles. The Morgan fingerprint density at radius 2 is 2.04 bits per heavy atom. The summed E-state index contributed by atoms with van der Waals surface area (Å²) in [5.41, 5.74) is 4.66. The molecule has 2 aliphatic heterocycles. The van der Waals surface area contributed by atoms with E-state index in [1.165, 1.54) is 0 Å². The number of amides is 3. The summed E-state index contributed by atoms with van der Waals surface area (Å²) in [6.45, 7) is 5.70. The first-order chi connectivity index (χ1) is 13.2. The van der Waals surface area contributed by atoms with E-state index in [-0.39, 0.29) is 24.7 Å². The Kier molecular flexibility index (Phi) is 7.13. The van der Waals surface area contributed by atoms with Crippen molar-refractivity contribution in [1.29, 1.82) is 0 Å². The maximum absolute atomic E-state index is 12.1. The van der Waals surface area contributed by atoms with Crippen LogP contribution in [0.15, 0.2) is 22.1 Å². The van der Waals surface area contributed by atoms with Crippen molar-refractivity contribution >= 4 is 30.5 Å². The van der Waals surface area contributed by atoms with Crippen molar-refractivity contribution in [2.45, 2.75) is 57.5 Å². The van der Waals surface area contributed by atoms with Crippen LogP contribution in [0.1, 0.15) is 33.6 Å². The highest BCUT2D eigenvalue weighted by Gasteiger charge is 2.30. The minimum Gasteiger partial charge on any atom is -0.444 e. The smallest absolute Gasteiger partial charge is 0.408 e. The van der Waals surface area contributed by atoms with E-state index in [2.05, 4.69) is 20.6 Å². The molecule has 28 heavy (non-hydrogen) atoms. The topological polar surface area (TPSA) is 138 Å². The predicted octanol–water partition coefficient (Wildman–Crippen LogP) is -0.0594. The van der Waals surface area contributed by atoms with Crippen molar-refractivity contribution in [3.8, 4) is 0 Å². The van der Waals surface area contributed by atoms with Crippen LogP contribution in [0.4, 0.5) is 4.79 Å². The van der Waals surface area contributed by atoms with Crippen LogP contribution in [0.2, 0.25) is 0 Å². The van der Waals surface area contributed by atoms with E-state index in [0.29, 0.717) is 19.4 Å². The Balaban J connectivity index is 1.68. The third-order valence-electron chi connectivity index (χ3n) is 4.04. The minimum atomic E-state index is -0.858. The van der Waals surface area contributed by atoms with Gasteiger partial charge in [0.25, 0.3) is 0 Å². The molecular formula is C18H28N6O4. The molecule has 0 aliphatic carbocycles. The fourth-order valence-corrected chi connectivity index (χ4v) is 2.77. The van der Waals surface area contributed by atoms with Crippen LogP contribution in [0.5, 0.6) is 0 Å². The van der Waals surface area contributed by atoms with E-state index in [4.69, 9.17) is 10.5 Å². The number of dihydropyridines is 1. The van der Waals surface area contributed by atoms with Gasteiger partial charge in [0.2, 0.25) is 11.8 Å². The molecule has 0 saturated carbocycles. The first-order valence-corrected chi connectivity index (χ1v) is 9.20. The zero-order valence-electron chi connectivity index (χ0n) is 16.4. The number of fused-ring (bicyclic) bond motifs is 1. The third-order valence-corrected chi connectivity index (χ3v) is 4.04. The minimum absolute atomic E-state index is 0.0342. The number of rotatable bonds is 8. The number of primary amides is 1. The maximum atomic E-state index is 12.1. The summed E-state index contributed by atoms with van der Waals surface area (Å²) in [4.78, 5) is 45.7. The fraction of sp³-hybridized carbons (Fsp3) is 0.611.